The van der Waals surface area contributed by atoms with Gasteiger partial charge in [0.15, 0.2) is 0 Å². The summed E-state index contributed by atoms with van der Waals surface area (Å²) in [6, 6.07) is 5.48. The van der Waals surface area contributed by atoms with Crippen LogP contribution in [0.3, 0.4) is 0 Å². The van der Waals surface area contributed by atoms with Gasteiger partial charge in [-0.3, -0.25) is 9.48 Å². The Morgan fingerprint density at radius 2 is 2.11 bits per heavy atom. The Bertz CT molecular complexity index is 617. The minimum atomic E-state index is -0.201. The van der Waals surface area contributed by atoms with Crippen LogP contribution in [0.15, 0.2) is 24.4 Å². The molecule has 5 nitrogen and oxygen atoms in total. The van der Waals surface area contributed by atoms with Crippen LogP contribution < -0.4 is 10.1 Å². The van der Waals surface area contributed by atoms with Crippen LogP contribution in [0.2, 0.25) is 0 Å². The summed E-state index contributed by atoms with van der Waals surface area (Å²) in [7, 11) is 3.39. The molecule has 0 spiro atoms. The first-order valence-corrected chi connectivity index (χ1v) is 5.97. The van der Waals surface area contributed by atoms with Crippen LogP contribution in [0.5, 0.6) is 5.75 Å². The molecule has 0 fully saturated rings. The molecule has 0 radical (unpaired) electrons. The van der Waals surface area contributed by atoms with Crippen molar-refractivity contribution in [2.24, 2.45) is 7.05 Å². The summed E-state index contributed by atoms with van der Waals surface area (Å²) in [4.78, 5) is 12.2. The van der Waals surface area contributed by atoms with Crippen molar-refractivity contribution >= 4 is 11.6 Å². The molecule has 1 amide bonds. The second-order valence-corrected chi connectivity index (χ2v) is 4.43. The van der Waals surface area contributed by atoms with Gasteiger partial charge in [0.25, 0.3) is 5.91 Å². The van der Waals surface area contributed by atoms with Crippen molar-refractivity contribution in [3.8, 4) is 5.75 Å². The van der Waals surface area contributed by atoms with Gasteiger partial charge in [0.05, 0.1) is 30.3 Å². The van der Waals surface area contributed by atoms with Crippen molar-refractivity contribution in [3.63, 3.8) is 0 Å². The topological polar surface area (TPSA) is 56.1 Å². The molecule has 100 valence electrons. The highest BCUT2D eigenvalue weighted by Crippen LogP contribution is 2.22. The lowest BCUT2D eigenvalue weighted by Gasteiger charge is -2.09. The zero-order valence-corrected chi connectivity index (χ0v) is 11.5. The van der Waals surface area contributed by atoms with Crippen molar-refractivity contribution in [1.82, 2.24) is 9.78 Å². The number of anilines is 1. The second kappa shape index (κ2) is 5.14. The first-order chi connectivity index (χ1) is 9.02. The fraction of sp³-hybridized carbons (Fsp3) is 0.286. The van der Waals surface area contributed by atoms with Gasteiger partial charge in [0, 0.05) is 7.05 Å². The Hall–Kier alpha value is -2.30. The molecule has 0 aliphatic heterocycles. The van der Waals surface area contributed by atoms with Crippen LogP contribution in [0, 0.1) is 13.8 Å². The molecule has 19 heavy (non-hydrogen) atoms. The van der Waals surface area contributed by atoms with Crippen molar-refractivity contribution in [3.05, 3.63) is 41.2 Å². The summed E-state index contributed by atoms with van der Waals surface area (Å²) in [5.41, 5.74) is 3.16. The van der Waals surface area contributed by atoms with E-state index in [0.29, 0.717) is 17.0 Å². The maximum absolute atomic E-state index is 12.2. The van der Waals surface area contributed by atoms with Crippen LogP contribution in [-0.4, -0.2) is 22.8 Å². The van der Waals surface area contributed by atoms with Gasteiger partial charge < -0.3 is 10.1 Å². The number of rotatable bonds is 3. The summed E-state index contributed by atoms with van der Waals surface area (Å²) in [6.07, 6.45) is 1.63. The van der Waals surface area contributed by atoms with Crippen molar-refractivity contribution in [1.29, 1.82) is 0 Å². The highest BCUT2D eigenvalue weighted by Gasteiger charge is 2.14. The van der Waals surface area contributed by atoms with E-state index in [1.54, 1.807) is 24.1 Å². The third kappa shape index (κ3) is 2.59. The molecule has 0 atom stereocenters. The smallest absolute Gasteiger partial charge is 0.259 e. The van der Waals surface area contributed by atoms with Gasteiger partial charge in [-0.1, -0.05) is 6.07 Å². The van der Waals surface area contributed by atoms with Crippen LogP contribution >= 0.6 is 0 Å². The molecule has 5 heteroatoms. The second-order valence-electron chi connectivity index (χ2n) is 4.43. The van der Waals surface area contributed by atoms with Crippen LogP contribution in [0.25, 0.3) is 0 Å². The summed E-state index contributed by atoms with van der Waals surface area (Å²) in [6.45, 7) is 3.85. The van der Waals surface area contributed by atoms with Crippen LogP contribution in [0.1, 0.15) is 21.6 Å². The lowest BCUT2D eigenvalue weighted by molar-refractivity contribution is 0.102. The molecular formula is C14H17N3O2. The zero-order chi connectivity index (χ0) is 14.0. The number of methoxy groups -OCH3 is 1. The van der Waals surface area contributed by atoms with Gasteiger partial charge in [0.2, 0.25) is 0 Å². The molecule has 0 unspecified atom stereocenters. The molecule has 1 heterocycles. The number of carbonyl (C=O) groups excluding carboxylic acids is 1. The largest absolute Gasteiger partial charge is 0.496 e. The Kier molecular flexibility index (Phi) is 3.55. The molecule has 1 aromatic carbocycles. The fourth-order valence-electron chi connectivity index (χ4n) is 1.80. The highest BCUT2D eigenvalue weighted by molar-refractivity contribution is 6.06. The maximum Gasteiger partial charge on any atom is 0.259 e. The average Bonchev–Trinajstić information content (AvgIpc) is 2.70. The Balaban J connectivity index is 2.27. The molecule has 0 aliphatic carbocycles. The first-order valence-electron chi connectivity index (χ1n) is 5.97. The van der Waals surface area contributed by atoms with E-state index in [9.17, 15) is 4.79 Å². The summed E-state index contributed by atoms with van der Waals surface area (Å²) in [5, 5.41) is 6.93. The lowest BCUT2D eigenvalue weighted by Crippen LogP contribution is -2.13. The van der Waals surface area contributed by atoms with Gasteiger partial charge in [0.1, 0.15) is 5.75 Å². The molecule has 0 saturated heterocycles. The van der Waals surface area contributed by atoms with Crippen molar-refractivity contribution in [2.75, 3.05) is 12.4 Å². The van der Waals surface area contributed by atoms with Gasteiger partial charge in [-0.2, -0.15) is 5.10 Å². The molecule has 2 aromatic rings. The van der Waals surface area contributed by atoms with E-state index in [-0.39, 0.29) is 5.91 Å². The average molecular weight is 259 g/mol. The molecule has 0 bridgehead atoms. The van der Waals surface area contributed by atoms with Gasteiger partial charge in [-0.05, 0) is 31.5 Å². The van der Waals surface area contributed by atoms with Crippen LogP contribution in [-0.2, 0) is 7.05 Å². The fourth-order valence-corrected chi connectivity index (χ4v) is 1.80. The molecule has 2 rings (SSSR count). The third-order valence-electron chi connectivity index (χ3n) is 3.09. The van der Waals surface area contributed by atoms with E-state index in [2.05, 4.69) is 10.4 Å². The predicted molar refractivity (Wildman–Crippen MR) is 73.6 cm³/mol. The maximum atomic E-state index is 12.2. The lowest BCUT2D eigenvalue weighted by atomic mass is 10.1. The standard InChI is InChI=1S/C14H17N3O2/c1-9-5-6-11(13(7-9)19-4)14(18)16-12-8-15-17(3)10(12)2/h5-8H,1-4H3,(H,16,18). The molecule has 0 aliphatic rings. The number of hydrogen-bond donors (Lipinski definition) is 1. The van der Waals surface area contributed by atoms with E-state index >= 15 is 0 Å². The number of ether oxygens (including phenoxy) is 1. The number of carbonyl (C=O) groups is 1. The summed E-state index contributed by atoms with van der Waals surface area (Å²) >= 11 is 0. The van der Waals surface area contributed by atoms with E-state index in [4.69, 9.17) is 4.74 Å². The number of nitrogens with one attached hydrogen (secondary N) is 1. The Morgan fingerprint density at radius 3 is 2.68 bits per heavy atom. The van der Waals surface area contributed by atoms with E-state index in [0.717, 1.165) is 11.3 Å². The van der Waals surface area contributed by atoms with Gasteiger partial charge in [-0.15, -0.1) is 0 Å². The number of benzene rings is 1. The van der Waals surface area contributed by atoms with E-state index < -0.39 is 0 Å². The number of aromatic nitrogens is 2. The number of amides is 1. The minimum absolute atomic E-state index is 0.201. The quantitative estimate of drug-likeness (QED) is 0.920. The normalized spacial score (nSPS) is 10.3. The molecular weight excluding hydrogens is 242 g/mol. The zero-order valence-electron chi connectivity index (χ0n) is 11.5. The Labute approximate surface area is 112 Å². The number of nitrogens with zero attached hydrogens (tertiary/aromatic N) is 2. The molecule has 0 saturated carbocycles. The highest BCUT2D eigenvalue weighted by atomic mass is 16.5. The third-order valence-corrected chi connectivity index (χ3v) is 3.09. The first kappa shape index (κ1) is 13.1. The van der Waals surface area contributed by atoms with Crippen molar-refractivity contribution < 1.29 is 9.53 Å². The van der Waals surface area contributed by atoms with Gasteiger partial charge >= 0.3 is 0 Å². The van der Waals surface area contributed by atoms with Crippen LogP contribution in [0.4, 0.5) is 5.69 Å². The molecule has 1 N–H and O–H groups in total. The molecule has 1 aromatic heterocycles. The van der Waals surface area contributed by atoms with Crippen molar-refractivity contribution in [2.45, 2.75) is 13.8 Å². The number of aryl methyl sites for hydroxylation is 2. The van der Waals surface area contributed by atoms with Gasteiger partial charge in [-0.25, -0.2) is 0 Å². The SMILES string of the molecule is COc1cc(C)ccc1C(=O)Nc1cnn(C)c1C. The van der Waals surface area contributed by atoms with E-state index in [1.807, 2.05) is 33.0 Å². The summed E-state index contributed by atoms with van der Waals surface area (Å²) < 4.78 is 6.95. The predicted octanol–water partition coefficient (Wildman–Crippen LogP) is 2.30. The van der Waals surface area contributed by atoms with E-state index in [1.165, 1.54) is 0 Å². The monoisotopic (exact) mass is 259 g/mol. The number of hydrogen-bond acceptors (Lipinski definition) is 3. The Morgan fingerprint density at radius 1 is 1.37 bits per heavy atom. The minimum Gasteiger partial charge on any atom is -0.496 e. The summed E-state index contributed by atoms with van der Waals surface area (Å²) in [5.74, 6) is 0.368.